The Balaban J connectivity index is 2.27. The van der Waals surface area contributed by atoms with Crippen molar-refractivity contribution in [3.05, 3.63) is 69.9 Å². The average molecular weight is 246 g/mol. The van der Waals surface area contributed by atoms with Crippen molar-refractivity contribution in [3.63, 3.8) is 0 Å². The minimum absolute atomic E-state index is 0.616. The van der Waals surface area contributed by atoms with Crippen molar-refractivity contribution in [1.29, 1.82) is 0 Å². The van der Waals surface area contributed by atoms with Crippen molar-refractivity contribution in [3.8, 4) is 0 Å². The highest BCUT2D eigenvalue weighted by Gasteiger charge is 2.00. The number of benzene rings is 2. The van der Waals surface area contributed by atoms with Crippen LogP contribution in [0.3, 0.4) is 0 Å². The lowest BCUT2D eigenvalue weighted by Crippen LogP contribution is -1.98. The van der Waals surface area contributed by atoms with Crippen molar-refractivity contribution >= 4 is 23.5 Å². The van der Waals surface area contributed by atoms with Gasteiger partial charge < -0.3 is 5.21 Å². The van der Waals surface area contributed by atoms with Crippen LogP contribution in [-0.2, 0) is 0 Å². The van der Waals surface area contributed by atoms with Gasteiger partial charge in [0, 0.05) is 22.7 Å². The molecule has 17 heavy (non-hydrogen) atoms. The topological polar surface area (TPSA) is 26.1 Å². The zero-order chi connectivity index (χ0) is 12.3. The molecule has 0 N–H and O–H groups in total. The molecule has 0 fully saturated rings. The third-order valence-corrected chi connectivity index (χ3v) is 2.68. The fraction of sp³-hybridized carbons (Fsp3) is 0.0714. The fourth-order valence-corrected chi connectivity index (χ4v) is 1.58. The summed E-state index contributed by atoms with van der Waals surface area (Å²) in [6, 6.07) is 14.6. The van der Waals surface area contributed by atoms with Gasteiger partial charge in [0.1, 0.15) is 0 Å². The zero-order valence-electron chi connectivity index (χ0n) is 9.43. The summed E-state index contributed by atoms with van der Waals surface area (Å²) in [5, 5.41) is 12.5. The van der Waals surface area contributed by atoms with Crippen LogP contribution in [0.1, 0.15) is 11.1 Å². The van der Waals surface area contributed by atoms with E-state index in [1.165, 1.54) is 6.21 Å². The summed E-state index contributed by atoms with van der Waals surface area (Å²) in [5.74, 6) is 0. The number of nitrogens with zero attached hydrogens (tertiary/aromatic N) is 1. The Kier molecular flexibility index (Phi) is 3.45. The van der Waals surface area contributed by atoms with Gasteiger partial charge in [-0.15, -0.1) is 0 Å². The lowest BCUT2D eigenvalue weighted by atomic mass is 10.2. The molecule has 0 amide bonds. The van der Waals surface area contributed by atoms with Crippen LogP contribution in [0.5, 0.6) is 0 Å². The van der Waals surface area contributed by atoms with Crippen LogP contribution < -0.4 is 0 Å². The summed E-state index contributed by atoms with van der Waals surface area (Å²) in [7, 11) is 0. The molecule has 2 nitrogen and oxygen atoms in total. The van der Waals surface area contributed by atoms with Crippen LogP contribution >= 0.6 is 11.6 Å². The summed E-state index contributed by atoms with van der Waals surface area (Å²) in [4.78, 5) is 0. The molecule has 2 aromatic rings. The van der Waals surface area contributed by atoms with Gasteiger partial charge in [0.05, 0.1) is 0 Å². The van der Waals surface area contributed by atoms with E-state index in [0.29, 0.717) is 10.7 Å². The van der Waals surface area contributed by atoms with E-state index in [9.17, 15) is 5.21 Å². The molecule has 0 aliphatic carbocycles. The maximum atomic E-state index is 11.8. The van der Waals surface area contributed by atoms with Crippen molar-refractivity contribution in [1.82, 2.24) is 0 Å². The second-order valence-electron chi connectivity index (χ2n) is 3.84. The van der Waals surface area contributed by atoms with Gasteiger partial charge in [-0.25, -0.2) is 0 Å². The molecular formula is C14H12ClNO. The van der Waals surface area contributed by atoms with Gasteiger partial charge in [-0.3, -0.25) is 0 Å². The average Bonchev–Trinajstić information content (AvgIpc) is 2.33. The maximum Gasteiger partial charge on any atom is 0.216 e. The van der Waals surface area contributed by atoms with E-state index in [0.717, 1.165) is 15.9 Å². The minimum Gasteiger partial charge on any atom is -0.618 e. The van der Waals surface area contributed by atoms with Crippen molar-refractivity contribution in [2.45, 2.75) is 6.92 Å². The highest BCUT2D eigenvalue weighted by Crippen LogP contribution is 2.13. The second kappa shape index (κ2) is 5.02. The van der Waals surface area contributed by atoms with Gasteiger partial charge in [0.2, 0.25) is 5.69 Å². The van der Waals surface area contributed by atoms with E-state index < -0.39 is 0 Å². The first-order valence-electron chi connectivity index (χ1n) is 5.28. The Hall–Kier alpha value is -1.80. The lowest BCUT2D eigenvalue weighted by Gasteiger charge is -2.03. The number of halogens is 1. The highest BCUT2D eigenvalue weighted by atomic mass is 35.5. The van der Waals surface area contributed by atoms with Gasteiger partial charge >= 0.3 is 0 Å². The van der Waals surface area contributed by atoms with E-state index in [2.05, 4.69) is 0 Å². The SMILES string of the molecule is Cc1ccc(/[N+]([O-])=C\c2ccc(Cl)cc2)cc1. The molecule has 0 aromatic heterocycles. The normalized spacial score (nSPS) is 11.5. The quantitative estimate of drug-likeness (QED) is 0.341. The summed E-state index contributed by atoms with van der Waals surface area (Å²) in [6.45, 7) is 1.99. The van der Waals surface area contributed by atoms with Crippen LogP contribution in [0.2, 0.25) is 5.02 Å². The Bertz CT molecular complexity index is 529. The van der Waals surface area contributed by atoms with E-state index in [1.54, 1.807) is 36.4 Å². The molecule has 0 bridgehead atoms. The van der Waals surface area contributed by atoms with Crippen LogP contribution in [0.4, 0.5) is 5.69 Å². The molecule has 0 aliphatic heterocycles. The van der Waals surface area contributed by atoms with E-state index in [-0.39, 0.29) is 0 Å². The molecule has 2 aromatic carbocycles. The Morgan fingerprint density at radius 2 is 1.59 bits per heavy atom. The predicted molar refractivity (Wildman–Crippen MR) is 71.1 cm³/mol. The number of hydrogen-bond donors (Lipinski definition) is 0. The Morgan fingerprint density at radius 3 is 2.18 bits per heavy atom. The lowest BCUT2D eigenvalue weighted by molar-refractivity contribution is -0.354. The predicted octanol–water partition coefficient (Wildman–Crippen LogP) is 3.91. The van der Waals surface area contributed by atoms with Crippen molar-refractivity contribution < 1.29 is 4.74 Å². The molecule has 0 saturated carbocycles. The summed E-state index contributed by atoms with van der Waals surface area (Å²) >= 11 is 5.78. The number of rotatable bonds is 2. The molecule has 86 valence electrons. The zero-order valence-corrected chi connectivity index (χ0v) is 10.2. The summed E-state index contributed by atoms with van der Waals surface area (Å²) < 4.78 is 0.850. The van der Waals surface area contributed by atoms with Gasteiger partial charge in [0.25, 0.3) is 0 Å². The third kappa shape index (κ3) is 3.08. The van der Waals surface area contributed by atoms with E-state index in [1.807, 2.05) is 19.1 Å². The number of aryl methyl sites for hydroxylation is 1. The van der Waals surface area contributed by atoms with E-state index in [4.69, 9.17) is 11.6 Å². The molecule has 0 spiro atoms. The standard InChI is InChI=1S/C14H12ClNO/c1-11-2-8-14(9-3-11)16(17)10-12-4-6-13(15)7-5-12/h2-10H,1H3/b16-10+. The first-order valence-corrected chi connectivity index (χ1v) is 5.66. The van der Waals surface area contributed by atoms with Gasteiger partial charge in [-0.1, -0.05) is 29.3 Å². The third-order valence-electron chi connectivity index (χ3n) is 2.42. The smallest absolute Gasteiger partial charge is 0.216 e. The molecule has 0 saturated heterocycles. The first kappa shape index (κ1) is 11.7. The van der Waals surface area contributed by atoms with E-state index >= 15 is 0 Å². The molecule has 0 aliphatic rings. The van der Waals surface area contributed by atoms with Crippen LogP contribution in [0.25, 0.3) is 0 Å². The fourth-order valence-electron chi connectivity index (χ4n) is 1.45. The maximum absolute atomic E-state index is 11.8. The summed E-state index contributed by atoms with van der Waals surface area (Å²) in [6.07, 6.45) is 1.53. The number of hydrogen-bond acceptors (Lipinski definition) is 1. The molecule has 0 heterocycles. The minimum atomic E-state index is 0.616. The molecule has 2 rings (SSSR count). The van der Waals surface area contributed by atoms with Crippen LogP contribution in [0.15, 0.2) is 48.5 Å². The molecule has 0 unspecified atom stereocenters. The van der Waals surface area contributed by atoms with Crippen molar-refractivity contribution in [2.24, 2.45) is 0 Å². The second-order valence-corrected chi connectivity index (χ2v) is 4.28. The highest BCUT2D eigenvalue weighted by molar-refractivity contribution is 6.30. The Labute approximate surface area is 105 Å². The van der Waals surface area contributed by atoms with Crippen LogP contribution in [0, 0.1) is 12.1 Å². The van der Waals surface area contributed by atoms with Gasteiger partial charge in [-0.2, -0.15) is 4.74 Å². The summed E-state index contributed by atoms with van der Waals surface area (Å²) in [5.41, 5.74) is 2.57. The first-order chi connectivity index (χ1) is 8.15. The monoisotopic (exact) mass is 245 g/mol. The van der Waals surface area contributed by atoms with Crippen LogP contribution in [-0.4, -0.2) is 11.0 Å². The van der Waals surface area contributed by atoms with Crippen molar-refractivity contribution in [2.75, 3.05) is 0 Å². The van der Waals surface area contributed by atoms with Gasteiger partial charge in [0.15, 0.2) is 6.21 Å². The molecule has 3 heteroatoms. The molecule has 0 radical (unpaired) electrons. The molecule has 0 atom stereocenters. The largest absolute Gasteiger partial charge is 0.618 e. The Morgan fingerprint density at radius 1 is 1.00 bits per heavy atom. The van der Waals surface area contributed by atoms with Gasteiger partial charge in [-0.05, 0) is 31.2 Å². The molecular weight excluding hydrogens is 234 g/mol.